The van der Waals surface area contributed by atoms with Gasteiger partial charge in [0.2, 0.25) is 5.91 Å². The zero-order valence-electron chi connectivity index (χ0n) is 12.1. The lowest BCUT2D eigenvalue weighted by Gasteiger charge is -2.35. The highest BCUT2D eigenvalue weighted by atomic mass is 35.5. The van der Waals surface area contributed by atoms with Crippen LogP contribution in [-0.2, 0) is 11.0 Å². The number of nitrogens with one attached hydrogen (secondary N) is 1. The average molecular weight is 336 g/mol. The van der Waals surface area contributed by atoms with Gasteiger partial charge in [-0.3, -0.25) is 4.79 Å². The van der Waals surface area contributed by atoms with Crippen molar-refractivity contribution in [1.29, 1.82) is 0 Å². The lowest BCUT2D eigenvalue weighted by atomic mass is 10.1. The van der Waals surface area contributed by atoms with Gasteiger partial charge in [0, 0.05) is 26.2 Å². The second-order valence-corrected chi connectivity index (χ2v) is 5.47. The zero-order chi connectivity index (χ0) is 16.3. The Bertz CT molecular complexity index is 543. The third-order valence-electron chi connectivity index (χ3n) is 3.56. The van der Waals surface area contributed by atoms with Gasteiger partial charge in [-0.2, -0.15) is 13.2 Å². The number of carbonyl (C=O) groups is 1. The number of piperazine rings is 1. The summed E-state index contributed by atoms with van der Waals surface area (Å²) >= 11 is 5.43. The van der Waals surface area contributed by atoms with E-state index in [9.17, 15) is 18.0 Å². The van der Waals surface area contributed by atoms with E-state index in [0.717, 1.165) is 25.2 Å². The van der Waals surface area contributed by atoms with Crippen LogP contribution in [-0.4, -0.2) is 49.9 Å². The number of benzene rings is 1. The first-order valence-electron chi connectivity index (χ1n) is 6.82. The molecule has 0 saturated carbocycles. The molecule has 2 rings (SSSR count). The van der Waals surface area contributed by atoms with Crippen molar-refractivity contribution < 1.29 is 18.0 Å². The highest BCUT2D eigenvalue weighted by molar-refractivity contribution is 6.29. The number of carbonyl (C=O) groups excluding carboxylic acids is 1. The summed E-state index contributed by atoms with van der Waals surface area (Å²) in [6, 6.07) is 3.39. The van der Waals surface area contributed by atoms with Crippen molar-refractivity contribution in [1.82, 2.24) is 4.90 Å². The van der Waals surface area contributed by atoms with Crippen molar-refractivity contribution >= 4 is 28.9 Å². The van der Waals surface area contributed by atoms with Crippen LogP contribution in [0.1, 0.15) is 5.56 Å². The number of anilines is 2. The Hall–Kier alpha value is -1.47. The molecule has 1 N–H and O–H groups in total. The molecule has 0 bridgehead atoms. The van der Waals surface area contributed by atoms with E-state index in [1.54, 1.807) is 0 Å². The minimum atomic E-state index is -4.46. The minimum absolute atomic E-state index is 0.144. The smallest absolute Gasteiger partial charge is 0.367 e. The first-order valence-corrected chi connectivity index (χ1v) is 7.35. The first kappa shape index (κ1) is 16.9. The molecule has 0 aromatic heterocycles. The summed E-state index contributed by atoms with van der Waals surface area (Å²) in [5.74, 6) is -0.838. The summed E-state index contributed by atoms with van der Waals surface area (Å²) in [5, 5.41) is 2.46. The Morgan fingerprint density at radius 3 is 2.45 bits per heavy atom. The second-order valence-electron chi connectivity index (χ2n) is 5.20. The Morgan fingerprint density at radius 2 is 1.91 bits per heavy atom. The highest BCUT2D eigenvalue weighted by Crippen LogP contribution is 2.35. The maximum absolute atomic E-state index is 12.9. The van der Waals surface area contributed by atoms with Gasteiger partial charge in [0.15, 0.2) is 0 Å². The van der Waals surface area contributed by atoms with Crippen LogP contribution in [0.2, 0.25) is 0 Å². The summed E-state index contributed by atoms with van der Waals surface area (Å²) in [6.07, 6.45) is -4.46. The summed E-state index contributed by atoms with van der Waals surface area (Å²) in [6.45, 7) is 2.99. The molecule has 1 aliphatic rings. The number of amides is 1. The van der Waals surface area contributed by atoms with E-state index in [2.05, 4.69) is 10.2 Å². The van der Waals surface area contributed by atoms with Gasteiger partial charge in [0.1, 0.15) is 5.88 Å². The monoisotopic (exact) mass is 335 g/mol. The molecular weight excluding hydrogens is 319 g/mol. The number of hydrogen-bond acceptors (Lipinski definition) is 3. The van der Waals surface area contributed by atoms with Crippen molar-refractivity contribution in [3.05, 3.63) is 23.8 Å². The van der Waals surface area contributed by atoms with Gasteiger partial charge in [0.25, 0.3) is 0 Å². The van der Waals surface area contributed by atoms with Gasteiger partial charge in [-0.05, 0) is 25.2 Å². The maximum Gasteiger partial charge on any atom is 0.416 e. The SMILES string of the molecule is CN1CCN(c2ccc(C(F)(F)F)cc2NC(=O)CCl)CC1. The van der Waals surface area contributed by atoms with E-state index >= 15 is 0 Å². The fourth-order valence-electron chi connectivity index (χ4n) is 2.32. The maximum atomic E-state index is 12.9. The number of hydrogen-bond donors (Lipinski definition) is 1. The van der Waals surface area contributed by atoms with E-state index in [1.807, 2.05) is 11.9 Å². The molecule has 1 fully saturated rings. The highest BCUT2D eigenvalue weighted by Gasteiger charge is 2.32. The third-order valence-corrected chi connectivity index (χ3v) is 3.81. The lowest BCUT2D eigenvalue weighted by Crippen LogP contribution is -2.44. The summed E-state index contributed by atoms with van der Waals surface area (Å²) in [5.41, 5.74) is -0.0696. The molecule has 0 unspecified atom stereocenters. The first-order chi connectivity index (χ1) is 10.3. The topological polar surface area (TPSA) is 35.6 Å². The Balaban J connectivity index is 2.33. The van der Waals surface area contributed by atoms with Crippen LogP contribution in [0.25, 0.3) is 0 Å². The molecule has 1 aromatic rings. The molecule has 8 heteroatoms. The Morgan fingerprint density at radius 1 is 1.27 bits per heavy atom. The van der Waals surface area contributed by atoms with Gasteiger partial charge < -0.3 is 15.1 Å². The van der Waals surface area contributed by atoms with Crippen LogP contribution in [0, 0.1) is 0 Å². The number of alkyl halides is 4. The van der Waals surface area contributed by atoms with Crippen molar-refractivity contribution in [3.63, 3.8) is 0 Å². The number of nitrogens with zero attached hydrogens (tertiary/aromatic N) is 2. The summed E-state index contributed by atoms with van der Waals surface area (Å²) in [4.78, 5) is 15.6. The van der Waals surface area contributed by atoms with Crippen molar-refractivity contribution in [2.24, 2.45) is 0 Å². The predicted molar refractivity (Wildman–Crippen MR) is 80.5 cm³/mol. The molecule has 4 nitrogen and oxygen atoms in total. The molecule has 1 saturated heterocycles. The van der Waals surface area contributed by atoms with Crippen molar-refractivity contribution in [2.45, 2.75) is 6.18 Å². The number of halogens is 4. The predicted octanol–water partition coefficient (Wildman–Crippen LogP) is 2.63. The van der Waals surface area contributed by atoms with Gasteiger partial charge in [-0.1, -0.05) is 0 Å². The van der Waals surface area contributed by atoms with Crippen LogP contribution in [0.3, 0.4) is 0 Å². The van der Waals surface area contributed by atoms with Gasteiger partial charge >= 0.3 is 6.18 Å². The van der Waals surface area contributed by atoms with E-state index in [0.29, 0.717) is 18.8 Å². The molecule has 0 radical (unpaired) electrons. The fraction of sp³-hybridized carbons (Fsp3) is 0.500. The van der Waals surface area contributed by atoms with Crippen LogP contribution >= 0.6 is 11.6 Å². The summed E-state index contributed by atoms with van der Waals surface area (Å²) < 4.78 is 38.6. The Kier molecular flexibility index (Phi) is 5.18. The van der Waals surface area contributed by atoms with E-state index in [-0.39, 0.29) is 11.6 Å². The van der Waals surface area contributed by atoms with Crippen LogP contribution in [0.15, 0.2) is 18.2 Å². The molecule has 1 aliphatic heterocycles. The molecule has 1 aromatic carbocycles. The lowest BCUT2D eigenvalue weighted by molar-refractivity contribution is -0.137. The minimum Gasteiger partial charge on any atom is -0.367 e. The molecule has 0 spiro atoms. The molecule has 1 amide bonds. The third kappa shape index (κ3) is 4.04. The average Bonchev–Trinajstić information content (AvgIpc) is 2.47. The van der Waals surface area contributed by atoms with Crippen LogP contribution in [0.5, 0.6) is 0 Å². The quantitative estimate of drug-likeness (QED) is 0.863. The summed E-state index contributed by atoms with van der Waals surface area (Å²) in [7, 11) is 1.99. The van der Waals surface area contributed by atoms with E-state index in [4.69, 9.17) is 11.6 Å². The molecule has 0 aliphatic carbocycles. The molecule has 0 atom stereocenters. The zero-order valence-corrected chi connectivity index (χ0v) is 12.8. The number of likely N-dealkylation sites (N-methyl/N-ethyl adjacent to an activating group) is 1. The van der Waals surface area contributed by atoms with E-state index < -0.39 is 17.6 Å². The van der Waals surface area contributed by atoms with Crippen molar-refractivity contribution in [2.75, 3.05) is 49.3 Å². The second kappa shape index (κ2) is 6.75. The van der Waals surface area contributed by atoms with Crippen LogP contribution < -0.4 is 10.2 Å². The fourth-order valence-corrected chi connectivity index (χ4v) is 2.39. The molecule has 122 valence electrons. The van der Waals surface area contributed by atoms with Gasteiger partial charge in [0.05, 0.1) is 16.9 Å². The van der Waals surface area contributed by atoms with Gasteiger partial charge in [-0.15, -0.1) is 11.6 Å². The Labute approximate surface area is 131 Å². The van der Waals surface area contributed by atoms with Crippen LogP contribution in [0.4, 0.5) is 24.5 Å². The molecular formula is C14H17ClF3N3O. The molecule has 22 heavy (non-hydrogen) atoms. The number of rotatable bonds is 3. The van der Waals surface area contributed by atoms with Crippen molar-refractivity contribution in [3.8, 4) is 0 Å². The normalized spacial score (nSPS) is 16.7. The van der Waals surface area contributed by atoms with Gasteiger partial charge in [-0.25, -0.2) is 0 Å². The molecule has 1 heterocycles. The standard InChI is InChI=1S/C14H17ClF3N3O/c1-20-4-6-21(7-5-20)12-3-2-10(14(16,17)18)8-11(12)19-13(22)9-15/h2-3,8H,4-7,9H2,1H3,(H,19,22). The largest absolute Gasteiger partial charge is 0.416 e. The van der Waals surface area contributed by atoms with E-state index in [1.165, 1.54) is 6.07 Å².